The minimum Gasteiger partial charge on any atom is -0.454 e. The van der Waals surface area contributed by atoms with Crippen molar-refractivity contribution in [1.82, 2.24) is 14.5 Å². The summed E-state index contributed by atoms with van der Waals surface area (Å²) >= 11 is 1.81. The number of hydrogen-bond acceptors (Lipinski definition) is 5. The highest BCUT2D eigenvalue weighted by molar-refractivity contribution is 7.25. The molecule has 0 saturated heterocycles. The molecule has 5 nitrogen and oxygen atoms in total. The molecule has 0 aliphatic heterocycles. The number of para-hydroxylation sites is 2. The molecule has 0 unspecified atom stereocenters. The molecule has 12 aromatic carbocycles. The standard InChI is InChI=1S/C78H48N4OS/c1-3-12-49(13-4-1)50-22-32-62(33-23-50)81(64-36-26-52(27-37-64)55-29-39-70-60(43-55)48-76-78(80-70)67-19-8-10-21-75(67)84-76)63-34-24-51(25-35-63)53-14-11-15-54(42-53)58-28-38-65-68-45-57(31-41-71(68)82(72(65)46-58)61-16-5-2-6-17-61)56-30-40-69-59(44-56)47-74-77(79-69)66-18-7-9-20-73(66)83-74/h1-48H. The molecule has 0 spiro atoms. The number of anilines is 3. The third-order valence-corrected chi connectivity index (χ3v) is 17.9. The lowest BCUT2D eigenvalue weighted by Crippen LogP contribution is -2.09. The highest BCUT2D eigenvalue weighted by Gasteiger charge is 2.19. The van der Waals surface area contributed by atoms with Crippen LogP contribution in [0.1, 0.15) is 0 Å². The van der Waals surface area contributed by atoms with Gasteiger partial charge in [-0.2, -0.15) is 0 Å². The van der Waals surface area contributed by atoms with Crippen molar-refractivity contribution in [3.8, 4) is 61.3 Å². The third-order valence-electron chi connectivity index (χ3n) is 16.7. The van der Waals surface area contributed by atoms with E-state index in [2.05, 4.69) is 282 Å². The van der Waals surface area contributed by atoms with Gasteiger partial charge in [-0.05, 0) is 183 Å². The Morgan fingerprint density at radius 2 is 0.798 bits per heavy atom. The second kappa shape index (κ2) is 19.4. The van der Waals surface area contributed by atoms with Crippen molar-refractivity contribution in [2.45, 2.75) is 0 Å². The number of pyridine rings is 2. The van der Waals surface area contributed by atoms with Crippen molar-refractivity contribution in [3.05, 3.63) is 291 Å². The maximum atomic E-state index is 6.24. The molecule has 0 aliphatic rings. The Bertz CT molecular complexity index is 5410. The fraction of sp³-hybridized carbons (Fsp3) is 0. The zero-order valence-electron chi connectivity index (χ0n) is 45.3. The normalized spacial score (nSPS) is 11.8. The molecule has 17 rings (SSSR count). The van der Waals surface area contributed by atoms with Gasteiger partial charge in [-0.15, -0.1) is 11.3 Å². The van der Waals surface area contributed by atoms with Gasteiger partial charge < -0.3 is 13.9 Å². The Morgan fingerprint density at radius 1 is 0.298 bits per heavy atom. The van der Waals surface area contributed by atoms with Gasteiger partial charge >= 0.3 is 0 Å². The molecule has 0 bridgehead atoms. The minimum absolute atomic E-state index is 0.800. The monoisotopic (exact) mass is 1090 g/mol. The average molecular weight is 1090 g/mol. The van der Waals surface area contributed by atoms with E-state index in [4.69, 9.17) is 14.4 Å². The lowest BCUT2D eigenvalue weighted by Gasteiger charge is -2.26. The summed E-state index contributed by atoms with van der Waals surface area (Å²) in [6.07, 6.45) is 0. The Labute approximate surface area is 487 Å². The summed E-state index contributed by atoms with van der Waals surface area (Å²) in [7, 11) is 0. The first-order valence-electron chi connectivity index (χ1n) is 28.4. The zero-order valence-corrected chi connectivity index (χ0v) is 46.1. The van der Waals surface area contributed by atoms with Crippen molar-refractivity contribution in [1.29, 1.82) is 0 Å². The molecule has 5 heterocycles. The van der Waals surface area contributed by atoms with Gasteiger partial charge in [0.1, 0.15) is 11.1 Å². The van der Waals surface area contributed by atoms with Gasteiger partial charge in [0.15, 0.2) is 5.58 Å². The van der Waals surface area contributed by atoms with E-state index < -0.39 is 0 Å². The van der Waals surface area contributed by atoms with Gasteiger partial charge in [0.25, 0.3) is 0 Å². The SMILES string of the molecule is c1ccc(-c2ccc(N(c3ccc(-c4cccc(-c5ccc6c7cc(-c8ccc9nc%10c(cc9c8)oc8ccccc8%10)ccc7n(-c7ccccc7)c6c5)c4)cc3)c3ccc(-c4ccc5nc6c(cc5c4)sc4ccccc46)cc3)cc2)cc1. The predicted molar refractivity (Wildman–Crippen MR) is 353 cm³/mol. The topological polar surface area (TPSA) is 47.1 Å². The second-order valence-corrected chi connectivity index (χ2v) is 22.8. The molecule has 17 aromatic rings. The molecular formula is C78H48N4OS. The summed E-state index contributed by atoms with van der Waals surface area (Å²) in [6, 6.07) is 105. The minimum atomic E-state index is 0.800. The lowest BCUT2D eigenvalue weighted by atomic mass is 9.97. The van der Waals surface area contributed by atoms with Crippen LogP contribution in [0.3, 0.4) is 0 Å². The molecule has 6 heteroatoms. The molecule has 0 fully saturated rings. The van der Waals surface area contributed by atoms with Crippen molar-refractivity contribution >= 4 is 114 Å². The number of aromatic nitrogens is 3. The molecule has 0 saturated carbocycles. The predicted octanol–water partition coefficient (Wildman–Crippen LogP) is 22.0. The summed E-state index contributed by atoms with van der Waals surface area (Å²) < 4.78 is 11.1. The van der Waals surface area contributed by atoms with Gasteiger partial charge in [-0.25, -0.2) is 9.97 Å². The van der Waals surface area contributed by atoms with E-state index >= 15 is 0 Å². The second-order valence-electron chi connectivity index (χ2n) is 21.7. The Balaban J connectivity index is 0.700. The largest absolute Gasteiger partial charge is 0.454 e. The van der Waals surface area contributed by atoms with Gasteiger partial charge in [0.05, 0.1) is 32.3 Å². The van der Waals surface area contributed by atoms with Crippen LogP contribution in [0.5, 0.6) is 0 Å². The highest BCUT2D eigenvalue weighted by atomic mass is 32.1. The maximum Gasteiger partial charge on any atom is 0.154 e. The molecule has 84 heavy (non-hydrogen) atoms. The van der Waals surface area contributed by atoms with E-state index in [0.29, 0.717) is 0 Å². The molecule has 392 valence electrons. The van der Waals surface area contributed by atoms with E-state index in [1.54, 1.807) is 11.3 Å². The van der Waals surface area contributed by atoms with Crippen LogP contribution in [0.4, 0.5) is 17.1 Å². The number of furan rings is 1. The molecule has 0 N–H and O–H groups in total. The number of fused-ring (bicyclic) bond motifs is 11. The number of thiophene rings is 1. The first-order valence-corrected chi connectivity index (χ1v) is 29.2. The average Bonchev–Trinajstić information content (AvgIpc) is 2.23. The van der Waals surface area contributed by atoms with Crippen LogP contribution < -0.4 is 4.90 Å². The summed E-state index contributed by atoms with van der Waals surface area (Å²) in [4.78, 5) is 12.5. The van der Waals surface area contributed by atoms with E-state index in [-0.39, 0.29) is 0 Å². The first kappa shape index (κ1) is 47.8. The maximum absolute atomic E-state index is 6.24. The Morgan fingerprint density at radius 3 is 1.51 bits per heavy atom. The quantitative estimate of drug-likeness (QED) is 0.145. The Kier molecular flexibility index (Phi) is 11.0. The van der Waals surface area contributed by atoms with E-state index in [9.17, 15) is 0 Å². The van der Waals surface area contributed by atoms with E-state index in [1.807, 2.05) is 18.2 Å². The highest BCUT2D eigenvalue weighted by Crippen LogP contribution is 2.42. The van der Waals surface area contributed by atoms with E-state index in [0.717, 1.165) is 128 Å². The summed E-state index contributed by atoms with van der Waals surface area (Å²) in [5, 5.41) is 6.85. The molecule has 0 radical (unpaired) electrons. The lowest BCUT2D eigenvalue weighted by molar-refractivity contribution is 0.669. The van der Waals surface area contributed by atoms with Crippen LogP contribution in [-0.4, -0.2) is 14.5 Å². The number of benzene rings is 12. The summed E-state index contributed by atoms with van der Waals surface area (Å²) in [5.74, 6) is 0. The van der Waals surface area contributed by atoms with Gasteiger partial charge in [0.2, 0.25) is 0 Å². The van der Waals surface area contributed by atoms with Crippen LogP contribution in [0.15, 0.2) is 296 Å². The van der Waals surface area contributed by atoms with Crippen LogP contribution in [-0.2, 0) is 0 Å². The smallest absolute Gasteiger partial charge is 0.154 e. The van der Waals surface area contributed by atoms with Crippen LogP contribution in [0.2, 0.25) is 0 Å². The van der Waals surface area contributed by atoms with Crippen molar-refractivity contribution in [2.24, 2.45) is 0 Å². The Hall–Kier alpha value is -10.9. The molecular weight excluding hydrogens is 1040 g/mol. The molecule has 0 aliphatic carbocycles. The van der Waals surface area contributed by atoms with Gasteiger partial charge in [-0.1, -0.05) is 164 Å². The number of nitrogens with zero attached hydrogens (tertiary/aromatic N) is 4. The van der Waals surface area contributed by atoms with Crippen molar-refractivity contribution in [2.75, 3.05) is 4.90 Å². The molecule has 0 amide bonds. The van der Waals surface area contributed by atoms with Gasteiger partial charge in [-0.3, -0.25) is 0 Å². The fourth-order valence-corrected chi connectivity index (χ4v) is 13.7. The van der Waals surface area contributed by atoms with Crippen molar-refractivity contribution < 1.29 is 4.42 Å². The molecule has 0 atom stereocenters. The first-order chi connectivity index (χ1) is 41.6. The van der Waals surface area contributed by atoms with Crippen LogP contribution in [0, 0.1) is 0 Å². The zero-order chi connectivity index (χ0) is 55.2. The summed E-state index contributed by atoms with van der Waals surface area (Å²) in [6.45, 7) is 0. The number of hydrogen-bond donors (Lipinski definition) is 0. The van der Waals surface area contributed by atoms with Crippen molar-refractivity contribution in [3.63, 3.8) is 0 Å². The molecule has 5 aromatic heterocycles. The van der Waals surface area contributed by atoms with Crippen LogP contribution >= 0.6 is 11.3 Å². The number of rotatable bonds is 9. The summed E-state index contributed by atoms with van der Waals surface area (Å²) in [5.41, 5.74) is 23.8. The third kappa shape index (κ3) is 8.14. The van der Waals surface area contributed by atoms with Crippen LogP contribution in [0.25, 0.3) is 147 Å². The van der Waals surface area contributed by atoms with E-state index in [1.165, 1.54) is 36.7 Å². The fourth-order valence-electron chi connectivity index (χ4n) is 12.6. The van der Waals surface area contributed by atoms with Gasteiger partial charge in [0, 0.05) is 59.8 Å².